The number of hydrogen-bond donors (Lipinski definition) is 0. The molecule has 0 aliphatic carbocycles. The number of carbonyl (C=O) groups excluding carboxylic acids is 1. The van der Waals surface area contributed by atoms with Crippen molar-refractivity contribution in [2.24, 2.45) is 0 Å². The molecule has 0 rings (SSSR count). The van der Waals surface area contributed by atoms with Crippen LogP contribution in [-0.4, -0.2) is 32.1 Å². The molecule has 4 heteroatoms. The molecule has 0 spiro atoms. The Kier molecular flexibility index (Phi) is 11.4. The summed E-state index contributed by atoms with van der Waals surface area (Å²) in [5.74, 6) is -0.0985. The lowest BCUT2D eigenvalue weighted by molar-refractivity contribution is -0.143. The van der Waals surface area contributed by atoms with E-state index in [0.717, 1.165) is 25.7 Å². The van der Waals surface area contributed by atoms with E-state index in [1.54, 1.807) is 0 Å². The largest absolute Gasteiger partial charge is 0.466 e. The van der Waals surface area contributed by atoms with Crippen molar-refractivity contribution in [1.29, 1.82) is 0 Å². The quantitative estimate of drug-likeness (QED) is 0.319. The molecule has 0 aromatic rings. The molecule has 0 unspecified atom stereocenters. The van der Waals surface area contributed by atoms with E-state index in [2.05, 4.69) is 0 Å². The summed E-state index contributed by atoms with van der Waals surface area (Å²) >= 11 is 0. The van der Waals surface area contributed by atoms with Gasteiger partial charge >= 0.3 is 5.97 Å². The van der Waals surface area contributed by atoms with Gasteiger partial charge in [-0.2, -0.15) is 0 Å². The van der Waals surface area contributed by atoms with Crippen LogP contribution in [0.25, 0.3) is 0 Å². The van der Waals surface area contributed by atoms with Gasteiger partial charge in [-0.05, 0) is 40.0 Å². The van der Waals surface area contributed by atoms with Gasteiger partial charge in [-0.3, -0.25) is 4.79 Å². The first-order chi connectivity index (χ1) is 8.24. The van der Waals surface area contributed by atoms with Gasteiger partial charge < -0.3 is 14.2 Å². The Morgan fingerprint density at radius 3 is 2.12 bits per heavy atom. The van der Waals surface area contributed by atoms with Crippen molar-refractivity contribution in [2.45, 2.75) is 59.2 Å². The summed E-state index contributed by atoms with van der Waals surface area (Å²) < 4.78 is 15.7. The van der Waals surface area contributed by atoms with Crippen molar-refractivity contribution in [3.8, 4) is 0 Å². The SMILES string of the molecule is CCOC(=O)CCCCCC(OCC)OCC. The summed E-state index contributed by atoms with van der Waals surface area (Å²) in [5.41, 5.74) is 0. The third-order valence-electron chi connectivity index (χ3n) is 2.33. The lowest BCUT2D eigenvalue weighted by Crippen LogP contribution is -2.17. The van der Waals surface area contributed by atoms with Crippen molar-refractivity contribution in [1.82, 2.24) is 0 Å². The van der Waals surface area contributed by atoms with Crippen LogP contribution in [0.4, 0.5) is 0 Å². The molecule has 0 atom stereocenters. The van der Waals surface area contributed by atoms with E-state index in [-0.39, 0.29) is 12.3 Å². The first-order valence-corrected chi connectivity index (χ1v) is 6.63. The number of rotatable bonds is 11. The van der Waals surface area contributed by atoms with Crippen LogP contribution in [0.3, 0.4) is 0 Å². The molecule has 17 heavy (non-hydrogen) atoms. The summed E-state index contributed by atoms with van der Waals surface area (Å²) in [7, 11) is 0. The van der Waals surface area contributed by atoms with E-state index in [9.17, 15) is 4.79 Å². The summed E-state index contributed by atoms with van der Waals surface area (Å²) in [6, 6.07) is 0. The number of unbranched alkanes of at least 4 members (excludes halogenated alkanes) is 2. The Labute approximate surface area is 105 Å². The molecular formula is C13H26O4. The predicted octanol–water partition coefficient (Wildman–Crippen LogP) is 2.90. The van der Waals surface area contributed by atoms with Crippen LogP contribution >= 0.6 is 0 Å². The zero-order valence-electron chi connectivity index (χ0n) is 11.4. The Bertz CT molecular complexity index is 176. The second kappa shape index (κ2) is 11.9. The van der Waals surface area contributed by atoms with Crippen LogP contribution in [0.1, 0.15) is 52.9 Å². The smallest absolute Gasteiger partial charge is 0.305 e. The van der Waals surface area contributed by atoms with Gasteiger partial charge in [0, 0.05) is 19.6 Å². The number of ether oxygens (including phenoxy) is 3. The second-order valence-electron chi connectivity index (χ2n) is 3.74. The van der Waals surface area contributed by atoms with Gasteiger partial charge in [-0.15, -0.1) is 0 Å². The zero-order valence-corrected chi connectivity index (χ0v) is 11.4. The summed E-state index contributed by atoms with van der Waals surface area (Å²) in [5, 5.41) is 0. The maximum absolute atomic E-state index is 11.1. The van der Waals surface area contributed by atoms with Crippen molar-refractivity contribution >= 4 is 5.97 Å². The fourth-order valence-electron chi connectivity index (χ4n) is 1.58. The molecule has 0 aromatic heterocycles. The van der Waals surface area contributed by atoms with Gasteiger partial charge in [0.1, 0.15) is 0 Å². The summed E-state index contributed by atoms with van der Waals surface area (Å²) in [6.07, 6.45) is 4.22. The molecule has 102 valence electrons. The van der Waals surface area contributed by atoms with E-state index < -0.39 is 0 Å². The molecule has 0 saturated heterocycles. The topological polar surface area (TPSA) is 44.8 Å². The molecule has 0 aromatic carbocycles. The monoisotopic (exact) mass is 246 g/mol. The second-order valence-corrected chi connectivity index (χ2v) is 3.74. The van der Waals surface area contributed by atoms with Crippen LogP contribution < -0.4 is 0 Å². The van der Waals surface area contributed by atoms with Crippen LogP contribution in [0.15, 0.2) is 0 Å². The zero-order chi connectivity index (χ0) is 12.9. The highest BCUT2D eigenvalue weighted by atomic mass is 16.7. The lowest BCUT2D eigenvalue weighted by atomic mass is 10.1. The summed E-state index contributed by atoms with van der Waals surface area (Å²) in [6.45, 7) is 7.57. The molecule has 0 saturated carbocycles. The van der Waals surface area contributed by atoms with E-state index in [0.29, 0.717) is 26.2 Å². The minimum absolute atomic E-state index is 0.0902. The Hall–Kier alpha value is -0.610. The third kappa shape index (κ3) is 10.3. The van der Waals surface area contributed by atoms with Crippen LogP contribution in [0, 0.1) is 0 Å². The molecule has 0 heterocycles. The molecule has 0 amide bonds. The Balaban J connectivity index is 3.44. The number of hydrogen-bond acceptors (Lipinski definition) is 4. The highest BCUT2D eigenvalue weighted by molar-refractivity contribution is 5.69. The molecule has 0 N–H and O–H groups in total. The molecule has 0 bridgehead atoms. The van der Waals surface area contributed by atoms with E-state index in [1.165, 1.54) is 0 Å². The molecule has 0 aliphatic rings. The molecule has 4 nitrogen and oxygen atoms in total. The van der Waals surface area contributed by atoms with Gasteiger partial charge in [0.25, 0.3) is 0 Å². The fraction of sp³-hybridized carbons (Fsp3) is 0.923. The molecule has 0 fully saturated rings. The average molecular weight is 246 g/mol. The fourth-order valence-corrected chi connectivity index (χ4v) is 1.58. The van der Waals surface area contributed by atoms with Gasteiger partial charge in [-0.25, -0.2) is 0 Å². The van der Waals surface area contributed by atoms with Gasteiger partial charge in [0.2, 0.25) is 0 Å². The normalized spacial score (nSPS) is 10.8. The van der Waals surface area contributed by atoms with Gasteiger partial charge in [0.05, 0.1) is 6.61 Å². The standard InChI is InChI=1S/C13H26O4/c1-4-15-12(14)10-8-7-9-11-13(16-5-2)17-6-3/h13H,4-11H2,1-3H3. The van der Waals surface area contributed by atoms with Gasteiger partial charge in [-0.1, -0.05) is 6.42 Å². The first-order valence-electron chi connectivity index (χ1n) is 6.63. The van der Waals surface area contributed by atoms with Crippen LogP contribution in [0.5, 0.6) is 0 Å². The molecular weight excluding hydrogens is 220 g/mol. The van der Waals surface area contributed by atoms with Crippen molar-refractivity contribution in [3.63, 3.8) is 0 Å². The average Bonchev–Trinajstić information content (AvgIpc) is 2.29. The van der Waals surface area contributed by atoms with Crippen molar-refractivity contribution < 1.29 is 19.0 Å². The predicted molar refractivity (Wildman–Crippen MR) is 66.8 cm³/mol. The van der Waals surface area contributed by atoms with Crippen molar-refractivity contribution in [3.05, 3.63) is 0 Å². The Morgan fingerprint density at radius 2 is 1.59 bits per heavy atom. The number of carbonyl (C=O) groups is 1. The Morgan fingerprint density at radius 1 is 0.941 bits per heavy atom. The van der Waals surface area contributed by atoms with Crippen LogP contribution in [-0.2, 0) is 19.0 Å². The first kappa shape index (κ1) is 16.4. The van der Waals surface area contributed by atoms with Crippen LogP contribution in [0.2, 0.25) is 0 Å². The molecule has 0 aliphatic heterocycles. The molecule has 0 radical (unpaired) electrons. The maximum atomic E-state index is 11.1. The van der Waals surface area contributed by atoms with E-state index >= 15 is 0 Å². The van der Waals surface area contributed by atoms with Gasteiger partial charge in [0.15, 0.2) is 6.29 Å². The summed E-state index contributed by atoms with van der Waals surface area (Å²) in [4.78, 5) is 11.1. The van der Waals surface area contributed by atoms with Crippen molar-refractivity contribution in [2.75, 3.05) is 19.8 Å². The highest BCUT2D eigenvalue weighted by Crippen LogP contribution is 2.10. The minimum atomic E-state index is -0.0985. The lowest BCUT2D eigenvalue weighted by Gasteiger charge is -2.16. The minimum Gasteiger partial charge on any atom is -0.466 e. The highest BCUT2D eigenvalue weighted by Gasteiger charge is 2.07. The van der Waals surface area contributed by atoms with E-state index in [1.807, 2.05) is 20.8 Å². The number of esters is 1. The van der Waals surface area contributed by atoms with E-state index in [4.69, 9.17) is 14.2 Å². The maximum Gasteiger partial charge on any atom is 0.305 e. The third-order valence-corrected chi connectivity index (χ3v) is 2.33.